The molecule has 5 heteroatoms. The maximum absolute atomic E-state index is 11.9. The number of nitrogens with zero attached hydrogens (tertiary/aromatic N) is 2. The third-order valence-electron chi connectivity index (χ3n) is 3.08. The van der Waals surface area contributed by atoms with Gasteiger partial charge in [-0.15, -0.1) is 0 Å². The molecule has 2 aromatic rings. The van der Waals surface area contributed by atoms with E-state index >= 15 is 0 Å². The highest BCUT2D eigenvalue weighted by molar-refractivity contribution is 5.91. The van der Waals surface area contributed by atoms with Gasteiger partial charge in [-0.05, 0) is 31.0 Å². The molecule has 0 saturated carbocycles. The highest BCUT2D eigenvalue weighted by Gasteiger charge is 2.05. The molecule has 1 heterocycles. The smallest absolute Gasteiger partial charge is 0.224 e. The summed E-state index contributed by atoms with van der Waals surface area (Å²) in [4.78, 5) is 11.9. The van der Waals surface area contributed by atoms with Crippen molar-refractivity contribution in [1.82, 2.24) is 9.78 Å². The van der Waals surface area contributed by atoms with E-state index in [1.807, 2.05) is 48.1 Å². The minimum atomic E-state index is 0.00905. The average molecular weight is 272 g/mol. The lowest BCUT2D eigenvalue weighted by Crippen LogP contribution is -2.14. The number of aromatic nitrogens is 2. The molecule has 0 spiro atoms. The summed E-state index contributed by atoms with van der Waals surface area (Å²) in [5, 5.41) is 7.19. The number of rotatable bonds is 6. The van der Waals surface area contributed by atoms with E-state index < -0.39 is 0 Å². The number of anilines is 1. The van der Waals surface area contributed by atoms with Crippen molar-refractivity contribution in [2.75, 3.05) is 5.32 Å². The van der Waals surface area contributed by atoms with E-state index in [-0.39, 0.29) is 5.91 Å². The Balaban J connectivity index is 1.80. The molecule has 0 fully saturated rings. The lowest BCUT2D eigenvalue weighted by molar-refractivity contribution is -0.116. The Kier molecular flexibility index (Phi) is 4.90. The van der Waals surface area contributed by atoms with Crippen molar-refractivity contribution in [2.45, 2.75) is 32.9 Å². The van der Waals surface area contributed by atoms with Crippen LogP contribution in [0.25, 0.3) is 0 Å². The highest BCUT2D eigenvalue weighted by Crippen LogP contribution is 2.14. The molecule has 0 atom stereocenters. The summed E-state index contributed by atoms with van der Waals surface area (Å²) in [7, 11) is 0. The number of carbonyl (C=O) groups excluding carboxylic acids is 1. The van der Waals surface area contributed by atoms with E-state index in [9.17, 15) is 4.79 Å². The Morgan fingerprint density at radius 1 is 1.35 bits per heavy atom. The zero-order chi connectivity index (χ0) is 14.4. The number of hydrogen-bond donors (Lipinski definition) is 2. The fourth-order valence-electron chi connectivity index (χ4n) is 2.02. The highest BCUT2D eigenvalue weighted by atomic mass is 16.1. The minimum Gasteiger partial charge on any atom is -0.326 e. The van der Waals surface area contributed by atoms with E-state index in [0.29, 0.717) is 13.0 Å². The molecule has 1 amide bonds. The van der Waals surface area contributed by atoms with E-state index in [2.05, 4.69) is 10.4 Å². The third kappa shape index (κ3) is 3.93. The van der Waals surface area contributed by atoms with Gasteiger partial charge in [-0.25, -0.2) is 0 Å². The fraction of sp³-hybridized carbons (Fsp3) is 0.333. The third-order valence-corrected chi connectivity index (χ3v) is 3.08. The normalized spacial score (nSPS) is 10.5. The van der Waals surface area contributed by atoms with Crippen molar-refractivity contribution in [3.8, 4) is 0 Å². The van der Waals surface area contributed by atoms with Gasteiger partial charge < -0.3 is 11.1 Å². The molecule has 0 unspecified atom stereocenters. The number of amides is 1. The Morgan fingerprint density at radius 3 is 2.85 bits per heavy atom. The van der Waals surface area contributed by atoms with Gasteiger partial charge >= 0.3 is 0 Å². The van der Waals surface area contributed by atoms with E-state index in [0.717, 1.165) is 29.9 Å². The van der Waals surface area contributed by atoms with Crippen LogP contribution in [0, 0.1) is 6.92 Å². The van der Waals surface area contributed by atoms with Crippen LogP contribution < -0.4 is 11.1 Å². The molecule has 0 bridgehead atoms. The zero-order valence-electron chi connectivity index (χ0n) is 11.7. The molecular weight excluding hydrogens is 252 g/mol. The summed E-state index contributed by atoms with van der Waals surface area (Å²) >= 11 is 0. The molecule has 3 N–H and O–H groups in total. The summed E-state index contributed by atoms with van der Waals surface area (Å²) < 4.78 is 1.86. The summed E-state index contributed by atoms with van der Waals surface area (Å²) in [6, 6.07) is 9.55. The van der Waals surface area contributed by atoms with Crippen LogP contribution in [0.3, 0.4) is 0 Å². The first-order valence-electron chi connectivity index (χ1n) is 6.77. The van der Waals surface area contributed by atoms with Crippen molar-refractivity contribution in [2.24, 2.45) is 5.73 Å². The minimum absolute atomic E-state index is 0.00905. The van der Waals surface area contributed by atoms with Crippen LogP contribution in [0.5, 0.6) is 0 Å². The van der Waals surface area contributed by atoms with Crippen molar-refractivity contribution in [3.63, 3.8) is 0 Å². The number of hydrogen-bond acceptors (Lipinski definition) is 3. The van der Waals surface area contributed by atoms with Crippen LogP contribution in [-0.4, -0.2) is 15.7 Å². The first-order valence-corrected chi connectivity index (χ1v) is 6.77. The van der Waals surface area contributed by atoms with Crippen molar-refractivity contribution in [3.05, 3.63) is 47.8 Å². The first-order chi connectivity index (χ1) is 9.69. The largest absolute Gasteiger partial charge is 0.326 e. The summed E-state index contributed by atoms with van der Waals surface area (Å²) in [5.41, 5.74) is 8.38. The second-order valence-corrected chi connectivity index (χ2v) is 4.73. The second kappa shape index (κ2) is 6.86. The monoisotopic (exact) mass is 272 g/mol. The Hall–Kier alpha value is -2.14. The Morgan fingerprint density at radius 2 is 2.15 bits per heavy atom. The van der Waals surface area contributed by atoms with E-state index in [1.54, 1.807) is 0 Å². The predicted octanol–water partition coefficient (Wildman–Crippen LogP) is 2.07. The zero-order valence-corrected chi connectivity index (χ0v) is 11.7. The summed E-state index contributed by atoms with van der Waals surface area (Å²) in [6.45, 7) is 3.12. The number of para-hydroxylation sites is 1. The molecule has 1 aromatic heterocycles. The number of benzene rings is 1. The van der Waals surface area contributed by atoms with Crippen LogP contribution in [0.4, 0.5) is 5.69 Å². The van der Waals surface area contributed by atoms with Crippen LogP contribution in [0.2, 0.25) is 0 Å². The van der Waals surface area contributed by atoms with Crippen molar-refractivity contribution >= 4 is 11.6 Å². The lowest BCUT2D eigenvalue weighted by Gasteiger charge is -2.09. The van der Waals surface area contributed by atoms with Crippen molar-refractivity contribution < 1.29 is 4.79 Å². The van der Waals surface area contributed by atoms with Gasteiger partial charge in [-0.2, -0.15) is 5.10 Å². The average Bonchev–Trinajstić information content (AvgIpc) is 2.85. The molecule has 106 valence electrons. The quantitative estimate of drug-likeness (QED) is 0.845. The second-order valence-electron chi connectivity index (χ2n) is 4.73. The van der Waals surface area contributed by atoms with Gasteiger partial charge in [0.05, 0.1) is 5.69 Å². The SMILES string of the molecule is Cc1ccn(CCCC(=O)Nc2ccccc2CN)n1. The lowest BCUT2D eigenvalue weighted by atomic mass is 10.1. The summed E-state index contributed by atoms with van der Waals surface area (Å²) in [6.07, 6.45) is 3.16. The maximum atomic E-state index is 11.9. The standard InChI is InChI=1S/C15H20N4O/c1-12-8-10-19(18-12)9-4-7-15(20)17-14-6-3-2-5-13(14)11-16/h2-3,5-6,8,10H,4,7,9,11,16H2,1H3,(H,17,20). The first kappa shape index (κ1) is 14.3. The van der Waals surface area contributed by atoms with Crippen LogP contribution in [0.1, 0.15) is 24.1 Å². The van der Waals surface area contributed by atoms with Crippen LogP contribution >= 0.6 is 0 Å². The predicted molar refractivity (Wildman–Crippen MR) is 79.2 cm³/mol. The van der Waals surface area contributed by atoms with Gasteiger partial charge in [0.1, 0.15) is 0 Å². The molecule has 0 saturated heterocycles. The number of aryl methyl sites for hydroxylation is 2. The van der Waals surface area contributed by atoms with Gasteiger partial charge in [-0.1, -0.05) is 18.2 Å². The number of nitrogens with one attached hydrogen (secondary N) is 1. The molecule has 5 nitrogen and oxygen atoms in total. The molecule has 0 aliphatic carbocycles. The molecule has 0 aliphatic heterocycles. The van der Waals surface area contributed by atoms with Gasteiger partial charge in [0, 0.05) is 31.4 Å². The van der Waals surface area contributed by atoms with E-state index in [1.165, 1.54) is 0 Å². The van der Waals surface area contributed by atoms with Gasteiger partial charge in [0.25, 0.3) is 0 Å². The Labute approximate surface area is 118 Å². The van der Waals surface area contributed by atoms with E-state index in [4.69, 9.17) is 5.73 Å². The molecular formula is C15H20N4O. The number of carbonyl (C=O) groups is 1. The topological polar surface area (TPSA) is 72.9 Å². The number of nitrogens with two attached hydrogens (primary N) is 1. The molecule has 1 aromatic carbocycles. The van der Waals surface area contributed by atoms with Gasteiger partial charge in [-0.3, -0.25) is 9.48 Å². The molecule has 0 radical (unpaired) electrons. The molecule has 0 aliphatic rings. The molecule has 2 rings (SSSR count). The van der Waals surface area contributed by atoms with Crippen molar-refractivity contribution in [1.29, 1.82) is 0 Å². The molecule has 20 heavy (non-hydrogen) atoms. The summed E-state index contributed by atoms with van der Waals surface area (Å²) in [5.74, 6) is 0.00905. The van der Waals surface area contributed by atoms with Gasteiger partial charge in [0.15, 0.2) is 0 Å². The van der Waals surface area contributed by atoms with Crippen LogP contribution in [-0.2, 0) is 17.9 Å². The fourth-order valence-corrected chi connectivity index (χ4v) is 2.02. The van der Waals surface area contributed by atoms with Gasteiger partial charge in [0.2, 0.25) is 5.91 Å². The maximum Gasteiger partial charge on any atom is 0.224 e. The van der Waals surface area contributed by atoms with Crippen LogP contribution in [0.15, 0.2) is 36.5 Å². The Bertz CT molecular complexity index is 577.